The fourth-order valence-electron chi connectivity index (χ4n) is 1.23. The normalized spacial score (nSPS) is 11.6. The van der Waals surface area contributed by atoms with Gasteiger partial charge in [-0.2, -0.15) is 5.26 Å². The monoisotopic (exact) mass is 221 g/mol. The highest BCUT2D eigenvalue weighted by Gasteiger charge is 2.14. The zero-order chi connectivity index (χ0) is 12.0. The summed E-state index contributed by atoms with van der Waals surface area (Å²) in [4.78, 5) is 15.2. The fraction of sp³-hybridized carbons (Fsp3) is 0.364. The molecule has 0 aliphatic carbocycles. The Morgan fingerprint density at radius 2 is 2.50 bits per heavy atom. The van der Waals surface area contributed by atoms with E-state index >= 15 is 0 Å². The molecule has 0 aliphatic heterocycles. The molecule has 1 rings (SSSR count). The predicted molar refractivity (Wildman–Crippen MR) is 56.0 cm³/mol. The second-order valence-electron chi connectivity index (χ2n) is 3.30. The number of hydrogen-bond acceptors (Lipinski definition) is 3. The molecule has 5 heteroatoms. The summed E-state index contributed by atoms with van der Waals surface area (Å²) in [6.07, 6.45) is 3.18. The van der Waals surface area contributed by atoms with Crippen LogP contribution in [0.3, 0.4) is 0 Å². The fourth-order valence-corrected chi connectivity index (χ4v) is 1.23. The van der Waals surface area contributed by atoms with Crippen LogP contribution in [0.1, 0.15) is 30.1 Å². The number of halogens is 1. The van der Waals surface area contributed by atoms with Crippen LogP contribution in [0.5, 0.6) is 0 Å². The molecule has 84 valence electrons. The number of rotatable bonds is 4. The largest absolute Gasteiger partial charge is 0.348 e. The van der Waals surface area contributed by atoms with Gasteiger partial charge < -0.3 is 5.32 Å². The van der Waals surface area contributed by atoms with Crippen molar-refractivity contribution in [2.75, 3.05) is 0 Å². The van der Waals surface area contributed by atoms with Gasteiger partial charge in [-0.25, -0.2) is 4.39 Å². The minimum absolute atomic E-state index is 0.0496. The summed E-state index contributed by atoms with van der Waals surface area (Å²) in [7, 11) is 0. The molecule has 0 radical (unpaired) electrons. The van der Waals surface area contributed by atoms with Crippen LogP contribution in [0.2, 0.25) is 0 Å². The zero-order valence-corrected chi connectivity index (χ0v) is 8.90. The maximum absolute atomic E-state index is 13.2. The summed E-state index contributed by atoms with van der Waals surface area (Å²) < 4.78 is 13.2. The molecule has 1 N–H and O–H groups in total. The van der Waals surface area contributed by atoms with Crippen molar-refractivity contribution in [3.8, 4) is 6.07 Å². The van der Waals surface area contributed by atoms with Crippen LogP contribution in [0.4, 0.5) is 4.39 Å². The zero-order valence-electron chi connectivity index (χ0n) is 8.90. The number of aromatic nitrogens is 1. The van der Waals surface area contributed by atoms with Crippen molar-refractivity contribution in [2.45, 2.75) is 25.8 Å². The Bertz CT molecular complexity index is 414. The molecule has 0 bridgehead atoms. The Morgan fingerprint density at radius 1 is 1.75 bits per heavy atom. The van der Waals surface area contributed by atoms with Crippen LogP contribution in [0.15, 0.2) is 18.5 Å². The topological polar surface area (TPSA) is 65.8 Å². The number of hydrogen-bond donors (Lipinski definition) is 1. The first kappa shape index (κ1) is 12.1. The van der Waals surface area contributed by atoms with Crippen LogP contribution in [0, 0.1) is 17.1 Å². The molecule has 1 amide bonds. The van der Waals surface area contributed by atoms with Gasteiger partial charge in [-0.15, -0.1) is 0 Å². The van der Waals surface area contributed by atoms with Crippen LogP contribution in [-0.4, -0.2) is 16.9 Å². The lowest BCUT2D eigenvalue weighted by molar-refractivity contribution is 0.0932. The molecule has 0 saturated heterocycles. The van der Waals surface area contributed by atoms with Crippen LogP contribution >= 0.6 is 0 Å². The summed E-state index contributed by atoms with van der Waals surface area (Å²) in [5.41, 5.74) is -0.0496. The SMILES string of the molecule is CCC(CC#N)NC(=O)c1ccncc1F. The van der Waals surface area contributed by atoms with E-state index in [0.717, 1.165) is 6.20 Å². The van der Waals surface area contributed by atoms with Crippen molar-refractivity contribution < 1.29 is 9.18 Å². The summed E-state index contributed by atoms with van der Waals surface area (Å²) in [5.74, 6) is -1.17. The lowest BCUT2D eigenvalue weighted by atomic mass is 10.1. The lowest BCUT2D eigenvalue weighted by Gasteiger charge is -2.13. The predicted octanol–water partition coefficient (Wildman–Crippen LogP) is 1.64. The summed E-state index contributed by atoms with van der Waals surface area (Å²) in [6, 6.07) is 3.03. The molecule has 1 aromatic heterocycles. The van der Waals surface area contributed by atoms with Gasteiger partial charge in [0.15, 0.2) is 5.82 Å². The molecule has 0 spiro atoms. The van der Waals surface area contributed by atoms with Gasteiger partial charge in [0.1, 0.15) is 0 Å². The molecular weight excluding hydrogens is 209 g/mol. The van der Waals surface area contributed by atoms with Crippen molar-refractivity contribution in [3.63, 3.8) is 0 Å². The van der Waals surface area contributed by atoms with Gasteiger partial charge in [0.25, 0.3) is 5.91 Å². The first-order valence-corrected chi connectivity index (χ1v) is 4.96. The third-order valence-corrected chi connectivity index (χ3v) is 2.18. The Labute approximate surface area is 93.1 Å². The molecule has 16 heavy (non-hydrogen) atoms. The number of pyridine rings is 1. The number of carbonyl (C=O) groups excluding carboxylic acids is 1. The Morgan fingerprint density at radius 3 is 3.06 bits per heavy atom. The minimum Gasteiger partial charge on any atom is -0.348 e. The number of amides is 1. The Hall–Kier alpha value is -1.96. The van der Waals surface area contributed by atoms with Crippen LogP contribution in [0.25, 0.3) is 0 Å². The maximum atomic E-state index is 13.2. The second-order valence-corrected chi connectivity index (χ2v) is 3.30. The molecule has 1 aromatic rings. The van der Waals surface area contributed by atoms with E-state index in [1.54, 1.807) is 0 Å². The lowest BCUT2D eigenvalue weighted by Crippen LogP contribution is -2.34. The quantitative estimate of drug-likeness (QED) is 0.840. The number of nitrogens with zero attached hydrogens (tertiary/aromatic N) is 2. The van der Waals surface area contributed by atoms with Crippen molar-refractivity contribution in [1.82, 2.24) is 10.3 Å². The molecule has 1 atom stereocenters. The summed E-state index contributed by atoms with van der Waals surface area (Å²) in [6.45, 7) is 1.85. The van der Waals surface area contributed by atoms with E-state index < -0.39 is 11.7 Å². The van der Waals surface area contributed by atoms with Gasteiger partial charge in [-0.1, -0.05) is 6.92 Å². The average Bonchev–Trinajstić information content (AvgIpc) is 2.28. The number of nitriles is 1. The standard InChI is InChI=1S/C11H12FN3O/c1-2-8(3-5-13)15-11(16)9-4-6-14-7-10(9)12/h4,6-8H,2-3H2,1H3,(H,15,16). The third-order valence-electron chi connectivity index (χ3n) is 2.18. The van der Waals surface area contributed by atoms with Gasteiger partial charge >= 0.3 is 0 Å². The van der Waals surface area contributed by atoms with Crippen molar-refractivity contribution in [1.29, 1.82) is 5.26 Å². The molecular formula is C11H12FN3O. The average molecular weight is 221 g/mol. The Balaban J connectivity index is 2.73. The second kappa shape index (κ2) is 5.81. The van der Waals surface area contributed by atoms with Crippen LogP contribution in [-0.2, 0) is 0 Å². The third kappa shape index (κ3) is 3.02. The highest BCUT2D eigenvalue weighted by atomic mass is 19.1. The molecule has 1 heterocycles. The van der Waals surface area contributed by atoms with Gasteiger partial charge in [-0.3, -0.25) is 9.78 Å². The van der Waals surface area contributed by atoms with Gasteiger partial charge in [0.2, 0.25) is 0 Å². The smallest absolute Gasteiger partial charge is 0.254 e. The molecule has 0 saturated carbocycles. The minimum atomic E-state index is -0.660. The Kier molecular flexibility index (Phi) is 4.40. The van der Waals surface area contributed by atoms with E-state index in [0.29, 0.717) is 6.42 Å². The van der Waals surface area contributed by atoms with Crippen LogP contribution < -0.4 is 5.32 Å². The first-order valence-electron chi connectivity index (χ1n) is 4.96. The van der Waals surface area contributed by atoms with Gasteiger partial charge in [0, 0.05) is 12.2 Å². The van der Waals surface area contributed by atoms with E-state index in [2.05, 4.69) is 10.3 Å². The molecule has 1 unspecified atom stereocenters. The van der Waals surface area contributed by atoms with Gasteiger partial charge in [-0.05, 0) is 12.5 Å². The molecule has 4 nitrogen and oxygen atoms in total. The maximum Gasteiger partial charge on any atom is 0.254 e. The van der Waals surface area contributed by atoms with E-state index in [9.17, 15) is 9.18 Å². The van der Waals surface area contributed by atoms with E-state index in [1.807, 2.05) is 13.0 Å². The molecule has 0 aliphatic rings. The van der Waals surface area contributed by atoms with E-state index in [-0.39, 0.29) is 18.0 Å². The number of carbonyl (C=O) groups is 1. The summed E-state index contributed by atoms with van der Waals surface area (Å²) >= 11 is 0. The van der Waals surface area contributed by atoms with Crippen molar-refractivity contribution in [2.24, 2.45) is 0 Å². The van der Waals surface area contributed by atoms with Crippen molar-refractivity contribution >= 4 is 5.91 Å². The molecule has 0 aromatic carbocycles. The van der Waals surface area contributed by atoms with Gasteiger partial charge in [0.05, 0.1) is 24.3 Å². The first-order chi connectivity index (χ1) is 7.69. The highest BCUT2D eigenvalue weighted by Crippen LogP contribution is 2.06. The number of nitrogens with one attached hydrogen (secondary N) is 1. The van der Waals surface area contributed by atoms with Crippen molar-refractivity contribution in [3.05, 3.63) is 29.8 Å². The van der Waals surface area contributed by atoms with E-state index in [1.165, 1.54) is 12.3 Å². The summed E-state index contributed by atoms with van der Waals surface area (Å²) in [5, 5.41) is 11.1. The molecule has 0 fully saturated rings. The van der Waals surface area contributed by atoms with E-state index in [4.69, 9.17) is 5.26 Å². The highest BCUT2D eigenvalue weighted by molar-refractivity contribution is 5.94.